The van der Waals surface area contributed by atoms with Crippen LogP contribution in [-0.2, 0) is 5.11 Å². The van der Waals surface area contributed by atoms with E-state index in [1.807, 2.05) is 18.2 Å². The molecular formula is C8H7I2O. The third-order valence-corrected chi connectivity index (χ3v) is 3.29. The lowest BCUT2D eigenvalue weighted by Crippen LogP contribution is -1.96. The zero-order valence-corrected chi connectivity index (χ0v) is 10.3. The number of hydrogen-bond donors (Lipinski definition) is 0. The Kier molecular flexibility index (Phi) is 3.57. The van der Waals surface area contributed by atoms with E-state index in [-0.39, 0.29) is 0 Å². The normalized spacial score (nSPS) is 13.1. The molecule has 0 bridgehead atoms. The molecule has 0 saturated carbocycles. The van der Waals surface area contributed by atoms with E-state index in [1.165, 1.54) is 0 Å². The van der Waals surface area contributed by atoms with Gasteiger partial charge in [-0.15, -0.1) is 0 Å². The van der Waals surface area contributed by atoms with Crippen molar-refractivity contribution in [2.75, 3.05) is 0 Å². The molecule has 0 spiro atoms. The predicted molar refractivity (Wildman–Crippen MR) is 61.0 cm³/mol. The van der Waals surface area contributed by atoms with Crippen molar-refractivity contribution >= 4 is 45.2 Å². The van der Waals surface area contributed by atoms with Crippen LogP contribution >= 0.6 is 45.2 Å². The molecule has 1 rings (SSSR count). The molecule has 1 radical (unpaired) electrons. The van der Waals surface area contributed by atoms with Crippen molar-refractivity contribution in [3.05, 3.63) is 30.9 Å². The second kappa shape index (κ2) is 4.04. The topological polar surface area (TPSA) is 19.9 Å². The highest BCUT2D eigenvalue weighted by atomic mass is 127. The van der Waals surface area contributed by atoms with E-state index in [9.17, 15) is 5.11 Å². The summed E-state index contributed by atoms with van der Waals surface area (Å²) in [6, 6.07) is 5.90. The number of rotatable bonds is 1. The van der Waals surface area contributed by atoms with E-state index in [1.54, 1.807) is 6.92 Å². The van der Waals surface area contributed by atoms with Gasteiger partial charge in [0.2, 0.25) is 0 Å². The fourth-order valence-corrected chi connectivity index (χ4v) is 3.29. The molecule has 0 aromatic heterocycles. The van der Waals surface area contributed by atoms with Gasteiger partial charge in [-0.3, -0.25) is 0 Å². The Morgan fingerprint density at radius 2 is 1.73 bits per heavy atom. The summed E-state index contributed by atoms with van der Waals surface area (Å²) in [6.07, 6.45) is -0.616. The van der Waals surface area contributed by atoms with Crippen molar-refractivity contribution < 1.29 is 5.11 Å². The summed E-state index contributed by atoms with van der Waals surface area (Å²) in [5.74, 6) is 0. The molecule has 0 amide bonds. The molecule has 1 nitrogen and oxygen atoms in total. The van der Waals surface area contributed by atoms with Gasteiger partial charge in [0, 0.05) is 12.7 Å². The molecule has 0 fully saturated rings. The van der Waals surface area contributed by atoms with Crippen LogP contribution < -0.4 is 0 Å². The molecule has 0 N–H and O–H groups in total. The first-order valence-corrected chi connectivity index (χ1v) is 5.38. The third-order valence-electron chi connectivity index (χ3n) is 1.41. The van der Waals surface area contributed by atoms with Gasteiger partial charge >= 0.3 is 0 Å². The van der Waals surface area contributed by atoms with Crippen LogP contribution in [0.3, 0.4) is 0 Å². The van der Waals surface area contributed by atoms with Gasteiger partial charge in [0.15, 0.2) is 0 Å². The maximum Gasteiger partial charge on any atom is 0.117 e. The Bertz CT molecular complexity index is 238. The highest BCUT2D eigenvalue weighted by Gasteiger charge is 2.10. The van der Waals surface area contributed by atoms with Crippen LogP contribution in [0.25, 0.3) is 0 Å². The van der Waals surface area contributed by atoms with Gasteiger partial charge < -0.3 is 0 Å². The minimum atomic E-state index is -0.616. The van der Waals surface area contributed by atoms with Gasteiger partial charge in [-0.1, -0.05) is 6.07 Å². The van der Waals surface area contributed by atoms with Gasteiger partial charge in [0.05, 0.1) is 0 Å². The first-order valence-electron chi connectivity index (χ1n) is 3.22. The fourth-order valence-electron chi connectivity index (χ4n) is 0.899. The fraction of sp³-hybridized carbons (Fsp3) is 0.250. The average Bonchev–Trinajstić information content (AvgIpc) is 1.85. The minimum Gasteiger partial charge on any atom is -0.228 e. The predicted octanol–water partition coefficient (Wildman–Crippen LogP) is 3.39. The summed E-state index contributed by atoms with van der Waals surface area (Å²) in [6.45, 7) is 1.68. The van der Waals surface area contributed by atoms with Crippen LogP contribution in [-0.4, -0.2) is 0 Å². The quantitative estimate of drug-likeness (QED) is 0.673. The van der Waals surface area contributed by atoms with E-state index in [0.29, 0.717) is 0 Å². The molecular weight excluding hydrogens is 366 g/mol. The van der Waals surface area contributed by atoms with Crippen LogP contribution in [0.4, 0.5) is 0 Å². The zero-order valence-electron chi connectivity index (χ0n) is 5.97. The molecule has 0 aliphatic rings. The smallest absolute Gasteiger partial charge is 0.117 e. The zero-order chi connectivity index (χ0) is 8.43. The molecule has 1 aromatic rings. The van der Waals surface area contributed by atoms with E-state index >= 15 is 0 Å². The Morgan fingerprint density at radius 3 is 2.00 bits per heavy atom. The first kappa shape index (κ1) is 9.73. The first-order chi connectivity index (χ1) is 5.13. The molecule has 0 aliphatic heterocycles. The molecule has 59 valence electrons. The van der Waals surface area contributed by atoms with Crippen molar-refractivity contribution in [3.63, 3.8) is 0 Å². The molecule has 0 aliphatic carbocycles. The number of halogens is 2. The van der Waals surface area contributed by atoms with Crippen molar-refractivity contribution in [2.45, 2.75) is 13.0 Å². The summed E-state index contributed by atoms with van der Waals surface area (Å²) >= 11 is 4.39. The molecule has 1 atom stereocenters. The van der Waals surface area contributed by atoms with Crippen molar-refractivity contribution in [2.24, 2.45) is 0 Å². The van der Waals surface area contributed by atoms with Crippen LogP contribution in [0.5, 0.6) is 0 Å². The number of benzene rings is 1. The summed E-state index contributed by atoms with van der Waals surface area (Å²) in [5, 5.41) is 11.2. The second-order valence-corrected chi connectivity index (χ2v) is 4.60. The molecule has 11 heavy (non-hydrogen) atoms. The minimum absolute atomic E-state index is 0.616. The summed E-state index contributed by atoms with van der Waals surface area (Å²) in [7, 11) is 0. The Morgan fingerprint density at radius 1 is 1.27 bits per heavy atom. The molecule has 3 heteroatoms. The standard InChI is InChI=1S/C8H7I2O/c1-5(11)8-6(9)3-2-4-7(8)10/h2-5H,1H3. The van der Waals surface area contributed by atoms with Crippen molar-refractivity contribution in [1.29, 1.82) is 0 Å². The highest BCUT2D eigenvalue weighted by molar-refractivity contribution is 14.1. The Labute approximate surface area is 93.5 Å². The van der Waals surface area contributed by atoms with Crippen LogP contribution in [0.15, 0.2) is 18.2 Å². The maximum absolute atomic E-state index is 11.2. The highest BCUT2D eigenvalue weighted by Crippen LogP contribution is 2.25. The maximum atomic E-state index is 11.2. The Hall–Kier alpha value is 0.640. The van der Waals surface area contributed by atoms with E-state index < -0.39 is 6.10 Å². The van der Waals surface area contributed by atoms with Crippen LogP contribution in [0.2, 0.25) is 0 Å². The van der Waals surface area contributed by atoms with E-state index in [0.717, 1.165) is 12.7 Å². The average molecular weight is 373 g/mol. The number of hydrogen-bond acceptors (Lipinski definition) is 0. The second-order valence-electron chi connectivity index (χ2n) is 2.28. The lowest BCUT2D eigenvalue weighted by atomic mass is 10.1. The van der Waals surface area contributed by atoms with E-state index in [2.05, 4.69) is 45.2 Å². The largest absolute Gasteiger partial charge is 0.228 e. The summed E-state index contributed by atoms with van der Waals surface area (Å²) < 4.78 is 2.13. The van der Waals surface area contributed by atoms with Crippen molar-refractivity contribution in [3.8, 4) is 0 Å². The monoisotopic (exact) mass is 373 g/mol. The van der Waals surface area contributed by atoms with Crippen molar-refractivity contribution in [1.82, 2.24) is 0 Å². The Balaban J connectivity index is 3.21. The van der Waals surface area contributed by atoms with Crippen LogP contribution in [0.1, 0.15) is 18.6 Å². The summed E-state index contributed by atoms with van der Waals surface area (Å²) in [4.78, 5) is 0. The summed E-state index contributed by atoms with van der Waals surface area (Å²) in [5.41, 5.74) is 0.925. The lowest BCUT2D eigenvalue weighted by Gasteiger charge is -2.07. The SMILES string of the molecule is CC([O])c1c(I)cccc1I. The molecule has 0 saturated heterocycles. The third kappa shape index (κ3) is 2.29. The van der Waals surface area contributed by atoms with E-state index in [4.69, 9.17) is 0 Å². The van der Waals surface area contributed by atoms with Gasteiger partial charge in [-0.05, 0) is 64.2 Å². The lowest BCUT2D eigenvalue weighted by molar-refractivity contribution is 0.105. The van der Waals surface area contributed by atoms with Gasteiger partial charge in [0.1, 0.15) is 6.10 Å². The van der Waals surface area contributed by atoms with Crippen LogP contribution in [0, 0.1) is 7.14 Å². The van der Waals surface area contributed by atoms with Gasteiger partial charge in [0.25, 0.3) is 0 Å². The molecule has 1 aromatic carbocycles. The molecule has 0 heterocycles. The van der Waals surface area contributed by atoms with Gasteiger partial charge in [-0.25, -0.2) is 5.11 Å². The van der Waals surface area contributed by atoms with Gasteiger partial charge in [-0.2, -0.15) is 0 Å². The molecule has 1 unspecified atom stereocenters.